The minimum Gasteiger partial charge on any atom is -0.490 e. The molecule has 4 nitrogen and oxygen atoms in total. The van der Waals surface area contributed by atoms with Gasteiger partial charge in [-0.25, -0.2) is 4.98 Å². The Bertz CT molecular complexity index is 796. The Kier molecular flexibility index (Phi) is 5.41. The summed E-state index contributed by atoms with van der Waals surface area (Å²) in [6.07, 6.45) is 2.12. The molecule has 2 aromatic carbocycles. The van der Waals surface area contributed by atoms with E-state index in [1.807, 2.05) is 43.3 Å². The summed E-state index contributed by atoms with van der Waals surface area (Å²) in [5.41, 5.74) is 2.92. The van der Waals surface area contributed by atoms with Gasteiger partial charge in [0.25, 0.3) is 0 Å². The lowest BCUT2D eigenvalue weighted by atomic mass is 10.2. The van der Waals surface area contributed by atoms with Crippen LogP contribution in [0.15, 0.2) is 40.9 Å². The van der Waals surface area contributed by atoms with Gasteiger partial charge in [0, 0.05) is 10.0 Å². The number of nitrogens with one attached hydrogen (secondary N) is 1. The quantitative estimate of drug-likeness (QED) is 0.538. The first kappa shape index (κ1) is 16.8. The number of aromatic amines is 1. The first-order valence-electron chi connectivity index (χ1n) is 8.27. The number of unbranched alkanes of at least 4 members (excludes halogenated alkanes) is 1. The molecule has 0 amide bonds. The Morgan fingerprint density at radius 1 is 1.08 bits per heavy atom. The van der Waals surface area contributed by atoms with Crippen molar-refractivity contribution in [2.75, 3.05) is 13.2 Å². The van der Waals surface area contributed by atoms with Crippen LogP contribution in [0, 0.1) is 0 Å². The summed E-state index contributed by atoms with van der Waals surface area (Å²) in [5, 5.41) is 0. The van der Waals surface area contributed by atoms with Crippen molar-refractivity contribution in [1.82, 2.24) is 9.97 Å². The van der Waals surface area contributed by atoms with Crippen molar-refractivity contribution < 1.29 is 9.47 Å². The maximum absolute atomic E-state index is 5.88. The first-order chi connectivity index (χ1) is 11.7. The third-order valence-electron chi connectivity index (χ3n) is 3.73. The zero-order valence-corrected chi connectivity index (χ0v) is 15.5. The highest BCUT2D eigenvalue weighted by atomic mass is 79.9. The van der Waals surface area contributed by atoms with Crippen molar-refractivity contribution in [1.29, 1.82) is 0 Å². The van der Waals surface area contributed by atoms with Crippen molar-refractivity contribution in [3.63, 3.8) is 0 Å². The molecule has 1 aromatic heterocycles. The Balaban J connectivity index is 1.99. The van der Waals surface area contributed by atoms with Crippen LogP contribution in [-0.4, -0.2) is 23.2 Å². The molecule has 1 N–H and O–H groups in total. The summed E-state index contributed by atoms with van der Waals surface area (Å²) in [5.74, 6) is 2.31. The summed E-state index contributed by atoms with van der Waals surface area (Å²) in [6, 6.07) is 11.9. The molecule has 0 bridgehead atoms. The highest BCUT2D eigenvalue weighted by Crippen LogP contribution is 2.38. The average molecular weight is 389 g/mol. The Hall–Kier alpha value is -2.01. The standard InChI is InChI=1S/C19H21BrN2O2/c1-3-5-10-24-18-12-14(20)13(11-17(18)23-4-2)19-21-15-8-6-7-9-16(15)22-19/h6-9,11-12H,3-5,10H2,1-2H3,(H,21,22). The normalized spacial score (nSPS) is 11.0. The van der Waals surface area contributed by atoms with Gasteiger partial charge in [-0.3, -0.25) is 0 Å². The highest BCUT2D eigenvalue weighted by Gasteiger charge is 2.15. The van der Waals surface area contributed by atoms with Gasteiger partial charge in [-0.1, -0.05) is 25.5 Å². The molecule has 126 valence electrons. The molecule has 0 aliphatic heterocycles. The number of benzene rings is 2. The van der Waals surface area contributed by atoms with E-state index in [1.54, 1.807) is 0 Å². The molecule has 1 heterocycles. The molecule has 3 rings (SSSR count). The molecule has 0 spiro atoms. The molecule has 0 saturated carbocycles. The van der Waals surface area contributed by atoms with Crippen LogP contribution in [0.5, 0.6) is 11.5 Å². The molecular formula is C19H21BrN2O2. The number of hydrogen-bond donors (Lipinski definition) is 1. The maximum atomic E-state index is 5.88. The molecule has 0 aliphatic rings. The van der Waals surface area contributed by atoms with E-state index in [0.29, 0.717) is 13.2 Å². The highest BCUT2D eigenvalue weighted by molar-refractivity contribution is 9.10. The van der Waals surface area contributed by atoms with Gasteiger partial charge < -0.3 is 14.5 Å². The van der Waals surface area contributed by atoms with E-state index in [9.17, 15) is 0 Å². The molecule has 0 saturated heterocycles. The van der Waals surface area contributed by atoms with Crippen LogP contribution in [0.4, 0.5) is 0 Å². The minimum absolute atomic E-state index is 0.589. The second-order valence-electron chi connectivity index (χ2n) is 5.52. The molecule has 5 heteroatoms. The van der Waals surface area contributed by atoms with Gasteiger partial charge in [-0.15, -0.1) is 0 Å². The molecule has 0 fully saturated rings. The number of imidazole rings is 1. The van der Waals surface area contributed by atoms with Gasteiger partial charge in [-0.2, -0.15) is 0 Å². The summed E-state index contributed by atoms with van der Waals surface area (Å²) in [6.45, 7) is 5.39. The largest absolute Gasteiger partial charge is 0.490 e. The van der Waals surface area contributed by atoms with Crippen molar-refractivity contribution in [2.24, 2.45) is 0 Å². The number of para-hydroxylation sites is 2. The third kappa shape index (κ3) is 3.56. The predicted octanol–water partition coefficient (Wildman–Crippen LogP) is 5.57. The number of fused-ring (bicyclic) bond motifs is 1. The summed E-state index contributed by atoms with van der Waals surface area (Å²) in [4.78, 5) is 8.02. The van der Waals surface area contributed by atoms with Gasteiger partial charge in [0.05, 0.1) is 24.2 Å². The van der Waals surface area contributed by atoms with E-state index in [4.69, 9.17) is 9.47 Å². The van der Waals surface area contributed by atoms with Crippen LogP contribution < -0.4 is 9.47 Å². The average Bonchev–Trinajstić information content (AvgIpc) is 3.01. The van der Waals surface area contributed by atoms with E-state index in [-0.39, 0.29) is 0 Å². The second-order valence-corrected chi connectivity index (χ2v) is 6.37. The van der Waals surface area contributed by atoms with Gasteiger partial charge in [-0.05, 0) is 53.5 Å². The van der Waals surface area contributed by atoms with Gasteiger partial charge in [0.15, 0.2) is 11.5 Å². The van der Waals surface area contributed by atoms with E-state index < -0.39 is 0 Å². The number of rotatable bonds is 7. The minimum atomic E-state index is 0.589. The lowest BCUT2D eigenvalue weighted by Crippen LogP contribution is -2.01. The fourth-order valence-electron chi connectivity index (χ4n) is 2.50. The Morgan fingerprint density at radius 2 is 1.88 bits per heavy atom. The number of ether oxygens (including phenoxy) is 2. The lowest BCUT2D eigenvalue weighted by Gasteiger charge is -2.14. The lowest BCUT2D eigenvalue weighted by molar-refractivity contribution is 0.272. The van der Waals surface area contributed by atoms with Crippen LogP contribution >= 0.6 is 15.9 Å². The summed E-state index contributed by atoms with van der Waals surface area (Å²) >= 11 is 3.64. The topological polar surface area (TPSA) is 47.1 Å². The zero-order valence-electron chi connectivity index (χ0n) is 13.9. The van der Waals surface area contributed by atoms with Gasteiger partial charge in [0.1, 0.15) is 5.82 Å². The number of hydrogen-bond acceptors (Lipinski definition) is 3. The fraction of sp³-hybridized carbons (Fsp3) is 0.316. The predicted molar refractivity (Wildman–Crippen MR) is 101 cm³/mol. The van der Waals surface area contributed by atoms with Gasteiger partial charge in [0.2, 0.25) is 0 Å². The van der Waals surface area contributed by atoms with Crippen molar-refractivity contribution in [3.05, 3.63) is 40.9 Å². The number of nitrogens with zero attached hydrogens (tertiary/aromatic N) is 1. The summed E-state index contributed by atoms with van der Waals surface area (Å²) in [7, 11) is 0. The molecule has 0 radical (unpaired) electrons. The van der Waals surface area contributed by atoms with Crippen LogP contribution in [0.1, 0.15) is 26.7 Å². The first-order valence-corrected chi connectivity index (χ1v) is 9.06. The van der Waals surface area contributed by atoms with Crippen LogP contribution in [-0.2, 0) is 0 Å². The van der Waals surface area contributed by atoms with Crippen LogP contribution in [0.2, 0.25) is 0 Å². The monoisotopic (exact) mass is 388 g/mol. The zero-order chi connectivity index (χ0) is 16.9. The van der Waals surface area contributed by atoms with Crippen molar-refractivity contribution in [2.45, 2.75) is 26.7 Å². The van der Waals surface area contributed by atoms with Crippen molar-refractivity contribution >= 4 is 27.0 Å². The number of H-pyrrole nitrogens is 1. The smallest absolute Gasteiger partial charge is 0.162 e. The third-order valence-corrected chi connectivity index (χ3v) is 4.39. The molecule has 24 heavy (non-hydrogen) atoms. The fourth-order valence-corrected chi connectivity index (χ4v) is 3.01. The molecule has 0 unspecified atom stereocenters. The maximum Gasteiger partial charge on any atom is 0.162 e. The number of aromatic nitrogens is 2. The van der Waals surface area contributed by atoms with E-state index >= 15 is 0 Å². The van der Waals surface area contributed by atoms with Gasteiger partial charge >= 0.3 is 0 Å². The molecule has 3 aromatic rings. The number of halogens is 1. The molecule has 0 atom stereocenters. The molecular weight excluding hydrogens is 368 g/mol. The second kappa shape index (κ2) is 7.71. The van der Waals surface area contributed by atoms with Crippen LogP contribution in [0.25, 0.3) is 22.4 Å². The summed E-state index contributed by atoms with van der Waals surface area (Å²) < 4.78 is 12.6. The van der Waals surface area contributed by atoms with E-state index in [1.165, 1.54) is 0 Å². The van der Waals surface area contributed by atoms with Crippen LogP contribution in [0.3, 0.4) is 0 Å². The van der Waals surface area contributed by atoms with Crippen molar-refractivity contribution in [3.8, 4) is 22.9 Å². The SMILES string of the molecule is CCCCOc1cc(Br)c(-c2nc3ccccc3[nH]2)cc1OCC. The molecule has 0 aliphatic carbocycles. The Morgan fingerprint density at radius 3 is 2.62 bits per heavy atom. The van der Waals surface area contributed by atoms with E-state index in [2.05, 4.69) is 32.8 Å². The Labute approximate surface area is 150 Å². The van der Waals surface area contributed by atoms with E-state index in [0.717, 1.165) is 51.2 Å².